The molecule has 2 rings (SSSR count). The van der Waals surface area contributed by atoms with E-state index in [0.29, 0.717) is 11.2 Å². The minimum atomic E-state index is -1.13. The molecule has 17 heavy (non-hydrogen) atoms. The summed E-state index contributed by atoms with van der Waals surface area (Å²) in [6.45, 7) is -0.469. The quantitative estimate of drug-likeness (QED) is 0.570. The van der Waals surface area contributed by atoms with Crippen molar-refractivity contribution in [1.82, 2.24) is 25.3 Å². The molecule has 88 valence electrons. The van der Waals surface area contributed by atoms with Crippen molar-refractivity contribution in [1.29, 1.82) is 0 Å². The van der Waals surface area contributed by atoms with Crippen LogP contribution in [0.4, 0.5) is 10.6 Å². The Morgan fingerprint density at radius 2 is 2.18 bits per heavy atom. The van der Waals surface area contributed by atoms with Crippen LogP contribution in [-0.2, 0) is 4.79 Å². The van der Waals surface area contributed by atoms with Crippen LogP contribution in [0.25, 0.3) is 11.2 Å². The smallest absolute Gasteiger partial charge is 0.323 e. The molecular formula is C8H8N6O3. The molecule has 2 aromatic heterocycles. The average Bonchev–Trinajstić information content (AvgIpc) is 2.75. The molecule has 2 aromatic rings. The van der Waals surface area contributed by atoms with Crippen molar-refractivity contribution >= 4 is 29.0 Å². The molecule has 4 N–H and O–H groups in total. The third kappa shape index (κ3) is 2.45. The van der Waals surface area contributed by atoms with Crippen LogP contribution in [0.1, 0.15) is 0 Å². The fourth-order valence-corrected chi connectivity index (χ4v) is 1.17. The molecule has 0 aliphatic carbocycles. The van der Waals surface area contributed by atoms with Crippen molar-refractivity contribution in [3.05, 3.63) is 12.7 Å². The van der Waals surface area contributed by atoms with Crippen LogP contribution >= 0.6 is 0 Å². The zero-order valence-corrected chi connectivity index (χ0v) is 8.47. The first-order valence-corrected chi connectivity index (χ1v) is 4.57. The van der Waals surface area contributed by atoms with E-state index < -0.39 is 18.5 Å². The summed E-state index contributed by atoms with van der Waals surface area (Å²) < 4.78 is 0. The van der Waals surface area contributed by atoms with E-state index in [2.05, 4.69) is 30.6 Å². The SMILES string of the molecule is O=C(O)CNC(=O)Nc1ncnc2nc[nH]c12. The molecule has 0 aliphatic heterocycles. The number of imidazole rings is 1. The number of nitrogens with one attached hydrogen (secondary N) is 3. The lowest BCUT2D eigenvalue weighted by atomic mass is 10.5. The highest BCUT2D eigenvalue weighted by Crippen LogP contribution is 2.13. The molecule has 0 unspecified atom stereocenters. The van der Waals surface area contributed by atoms with Crippen LogP contribution in [0.3, 0.4) is 0 Å². The van der Waals surface area contributed by atoms with Crippen molar-refractivity contribution in [2.45, 2.75) is 0 Å². The lowest BCUT2D eigenvalue weighted by molar-refractivity contribution is -0.135. The van der Waals surface area contributed by atoms with Crippen LogP contribution in [0, 0.1) is 0 Å². The van der Waals surface area contributed by atoms with Gasteiger partial charge < -0.3 is 15.4 Å². The number of fused-ring (bicyclic) bond motifs is 1. The molecular weight excluding hydrogens is 228 g/mol. The van der Waals surface area contributed by atoms with Gasteiger partial charge in [-0.1, -0.05) is 0 Å². The van der Waals surface area contributed by atoms with E-state index in [-0.39, 0.29) is 5.82 Å². The molecule has 2 amide bonds. The normalized spacial score (nSPS) is 10.1. The number of aliphatic carboxylic acids is 1. The molecule has 0 aliphatic rings. The number of urea groups is 1. The molecule has 0 bridgehead atoms. The zero-order chi connectivity index (χ0) is 12.3. The number of aromatic nitrogens is 4. The second-order valence-electron chi connectivity index (χ2n) is 3.02. The van der Waals surface area contributed by atoms with E-state index in [1.54, 1.807) is 0 Å². The summed E-state index contributed by atoms with van der Waals surface area (Å²) in [5, 5.41) is 12.9. The van der Waals surface area contributed by atoms with E-state index >= 15 is 0 Å². The Balaban J connectivity index is 2.10. The zero-order valence-electron chi connectivity index (χ0n) is 8.47. The standard InChI is InChI=1S/C8H8N6O3/c15-4(16)1-9-8(17)14-7-5-6(11-2-10-5)12-3-13-7/h2-3H,1H2,(H,15,16)(H3,9,10,11,12,13,14,17). The molecule has 0 spiro atoms. The van der Waals surface area contributed by atoms with Gasteiger partial charge in [-0.2, -0.15) is 0 Å². The Labute approximate surface area is 94.3 Å². The maximum atomic E-state index is 11.3. The van der Waals surface area contributed by atoms with Crippen LogP contribution in [-0.4, -0.2) is 43.6 Å². The summed E-state index contributed by atoms with van der Waals surface area (Å²) in [4.78, 5) is 35.9. The molecule has 0 atom stereocenters. The van der Waals surface area contributed by atoms with E-state index in [1.165, 1.54) is 12.7 Å². The van der Waals surface area contributed by atoms with Crippen LogP contribution < -0.4 is 10.6 Å². The molecule has 0 aromatic carbocycles. The van der Waals surface area contributed by atoms with Crippen LogP contribution in [0.2, 0.25) is 0 Å². The topological polar surface area (TPSA) is 133 Å². The lowest BCUT2D eigenvalue weighted by Gasteiger charge is -2.04. The van der Waals surface area contributed by atoms with Gasteiger partial charge in [0, 0.05) is 0 Å². The number of anilines is 1. The summed E-state index contributed by atoms with van der Waals surface area (Å²) in [5.41, 5.74) is 0.881. The largest absolute Gasteiger partial charge is 0.480 e. The van der Waals surface area contributed by atoms with Gasteiger partial charge in [-0.15, -0.1) is 0 Å². The number of carbonyl (C=O) groups is 2. The lowest BCUT2D eigenvalue weighted by Crippen LogP contribution is -2.33. The molecule has 0 saturated carbocycles. The number of nitrogens with zero attached hydrogens (tertiary/aromatic N) is 3. The van der Waals surface area contributed by atoms with Gasteiger partial charge in [0.05, 0.1) is 6.33 Å². The number of carboxylic acids is 1. The van der Waals surface area contributed by atoms with Crippen molar-refractivity contribution < 1.29 is 14.7 Å². The molecule has 0 saturated heterocycles. The van der Waals surface area contributed by atoms with Gasteiger partial charge in [0.15, 0.2) is 11.5 Å². The highest BCUT2D eigenvalue weighted by Gasteiger charge is 2.09. The second-order valence-corrected chi connectivity index (χ2v) is 3.02. The van der Waals surface area contributed by atoms with Gasteiger partial charge in [-0.25, -0.2) is 19.7 Å². The maximum Gasteiger partial charge on any atom is 0.323 e. The summed E-state index contributed by atoms with van der Waals surface area (Å²) in [7, 11) is 0. The highest BCUT2D eigenvalue weighted by atomic mass is 16.4. The molecule has 9 nitrogen and oxygen atoms in total. The minimum Gasteiger partial charge on any atom is -0.480 e. The van der Waals surface area contributed by atoms with Gasteiger partial charge in [-0.3, -0.25) is 10.1 Å². The number of aromatic amines is 1. The van der Waals surface area contributed by atoms with E-state index in [4.69, 9.17) is 5.11 Å². The first-order chi connectivity index (χ1) is 8.16. The Hall–Kier alpha value is -2.71. The average molecular weight is 236 g/mol. The van der Waals surface area contributed by atoms with Crippen molar-refractivity contribution in [3.8, 4) is 0 Å². The Bertz CT molecular complexity index is 565. The van der Waals surface area contributed by atoms with Gasteiger partial charge in [0.1, 0.15) is 18.4 Å². The first kappa shape index (κ1) is 10.8. The Morgan fingerprint density at radius 3 is 2.94 bits per heavy atom. The monoisotopic (exact) mass is 236 g/mol. The van der Waals surface area contributed by atoms with Gasteiger partial charge in [-0.05, 0) is 0 Å². The Kier molecular flexibility index (Phi) is 2.81. The predicted molar refractivity (Wildman–Crippen MR) is 56.3 cm³/mol. The summed E-state index contributed by atoms with van der Waals surface area (Å²) in [6.07, 6.45) is 2.66. The number of rotatable bonds is 3. The highest BCUT2D eigenvalue weighted by molar-refractivity contribution is 5.96. The van der Waals surface area contributed by atoms with Crippen LogP contribution in [0.15, 0.2) is 12.7 Å². The van der Waals surface area contributed by atoms with E-state index in [9.17, 15) is 9.59 Å². The third-order valence-electron chi connectivity index (χ3n) is 1.86. The van der Waals surface area contributed by atoms with E-state index in [1.807, 2.05) is 0 Å². The minimum absolute atomic E-state index is 0.232. The number of hydrogen-bond acceptors (Lipinski definition) is 5. The Morgan fingerprint density at radius 1 is 1.35 bits per heavy atom. The predicted octanol–water partition coefficient (Wildman–Crippen LogP) is -0.441. The summed E-state index contributed by atoms with van der Waals surface area (Å²) >= 11 is 0. The summed E-state index contributed by atoms with van der Waals surface area (Å²) in [5.74, 6) is -0.898. The fraction of sp³-hybridized carbons (Fsp3) is 0.125. The number of amides is 2. The van der Waals surface area contributed by atoms with Gasteiger partial charge in [0.25, 0.3) is 0 Å². The molecule has 9 heteroatoms. The summed E-state index contributed by atoms with van der Waals surface area (Å²) in [6, 6.07) is -0.665. The third-order valence-corrected chi connectivity index (χ3v) is 1.86. The number of carboxylic acid groups (broad SMARTS) is 1. The van der Waals surface area contributed by atoms with Gasteiger partial charge in [0.2, 0.25) is 0 Å². The number of carbonyl (C=O) groups excluding carboxylic acids is 1. The van der Waals surface area contributed by atoms with Gasteiger partial charge >= 0.3 is 12.0 Å². The van der Waals surface area contributed by atoms with Crippen LogP contribution in [0.5, 0.6) is 0 Å². The first-order valence-electron chi connectivity index (χ1n) is 4.57. The number of hydrogen-bond donors (Lipinski definition) is 4. The molecule has 2 heterocycles. The van der Waals surface area contributed by atoms with Crippen molar-refractivity contribution in [2.75, 3.05) is 11.9 Å². The van der Waals surface area contributed by atoms with Crippen molar-refractivity contribution in [3.63, 3.8) is 0 Å². The van der Waals surface area contributed by atoms with E-state index in [0.717, 1.165) is 0 Å². The molecule has 0 radical (unpaired) electrons. The maximum absolute atomic E-state index is 11.3. The molecule has 0 fully saturated rings. The van der Waals surface area contributed by atoms with Crippen molar-refractivity contribution in [2.24, 2.45) is 0 Å². The second kappa shape index (κ2) is 4.43. The number of H-pyrrole nitrogens is 1. The fourth-order valence-electron chi connectivity index (χ4n) is 1.17.